The normalized spacial score (nSPS) is 23.9. The second kappa shape index (κ2) is 8.57. The summed E-state index contributed by atoms with van der Waals surface area (Å²) in [4.78, 5) is 0. The van der Waals surface area contributed by atoms with Crippen LogP contribution in [0.2, 0.25) is 0 Å². The van der Waals surface area contributed by atoms with E-state index in [1.165, 1.54) is 84.8 Å². The summed E-state index contributed by atoms with van der Waals surface area (Å²) in [5, 5.41) is 0. The molecule has 1 unspecified atom stereocenters. The molecule has 0 heteroatoms. The van der Waals surface area contributed by atoms with Crippen LogP contribution in [0.3, 0.4) is 0 Å². The van der Waals surface area contributed by atoms with Gasteiger partial charge < -0.3 is 0 Å². The molecule has 0 aliphatic heterocycles. The van der Waals surface area contributed by atoms with Crippen LogP contribution in [-0.2, 0) is 12.8 Å². The molecule has 5 rings (SSSR count). The van der Waals surface area contributed by atoms with Crippen molar-refractivity contribution in [3.05, 3.63) is 106 Å². The fraction of sp³-hybridized carbons (Fsp3) is 0.379. The predicted molar refractivity (Wildman–Crippen MR) is 124 cm³/mol. The number of rotatable bonds is 5. The minimum absolute atomic E-state index is 0.439. The Bertz CT molecular complexity index is 921. The Balaban J connectivity index is 1.30. The zero-order valence-corrected chi connectivity index (χ0v) is 17.4. The second-order valence-electron chi connectivity index (χ2n) is 9.14. The van der Waals surface area contributed by atoms with Gasteiger partial charge in [-0.3, -0.25) is 0 Å². The van der Waals surface area contributed by atoms with Gasteiger partial charge in [-0.1, -0.05) is 105 Å². The Morgan fingerprint density at radius 2 is 1.62 bits per heavy atom. The number of hydrogen-bond donors (Lipinski definition) is 0. The first-order chi connectivity index (χ1) is 14.4. The summed E-state index contributed by atoms with van der Waals surface area (Å²) in [6.07, 6.45) is 30.5. The highest BCUT2D eigenvalue weighted by molar-refractivity contribution is 5.60. The van der Waals surface area contributed by atoms with E-state index in [4.69, 9.17) is 0 Å². The number of fused-ring (bicyclic) bond motifs is 1. The van der Waals surface area contributed by atoms with Crippen LogP contribution >= 0.6 is 0 Å². The molecule has 1 aromatic carbocycles. The zero-order chi connectivity index (χ0) is 19.5. The molecule has 0 nitrogen and oxygen atoms in total. The summed E-state index contributed by atoms with van der Waals surface area (Å²) in [5.41, 5.74) is 8.81. The van der Waals surface area contributed by atoms with Crippen LogP contribution in [0, 0.1) is 11.8 Å². The van der Waals surface area contributed by atoms with Crippen LogP contribution in [0.15, 0.2) is 95.2 Å². The van der Waals surface area contributed by atoms with Crippen molar-refractivity contribution in [2.75, 3.05) is 0 Å². The first-order valence-corrected chi connectivity index (χ1v) is 11.6. The van der Waals surface area contributed by atoms with Crippen molar-refractivity contribution in [2.24, 2.45) is 11.8 Å². The quantitative estimate of drug-likeness (QED) is 0.493. The van der Waals surface area contributed by atoms with E-state index in [1.54, 1.807) is 0 Å². The Morgan fingerprint density at radius 1 is 0.793 bits per heavy atom. The zero-order valence-electron chi connectivity index (χ0n) is 17.4. The fourth-order valence-electron chi connectivity index (χ4n) is 5.45. The highest BCUT2D eigenvalue weighted by atomic mass is 14.3. The molecule has 1 aromatic rings. The van der Waals surface area contributed by atoms with Gasteiger partial charge in [0.1, 0.15) is 0 Å². The molecule has 0 N–H and O–H groups in total. The van der Waals surface area contributed by atoms with E-state index in [9.17, 15) is 0 Å². The Kier molecular flexibility index (Phi) is 5.52. The maximum atomic E-state index is 2.40. The van der Waals surface area contributed by atoms with Crippen molar-refractivity contribution in [1.82, 2.24) is 0 Å². The summed E-state index contributed by atoms with van der Waals surface area (Å²) in [7, 11) is 0. The molecule has 0 spiro atoms. The largest absolute Gasteiger partial charge is 0.0836 e. The van der Waals surface area contributed by atoms with Crippen molar-refractivity contribution in [3.8, 4) is 0 Å². The molecule has 0 radical (unpaired) electrons. The van der Waals surface area contributed by atoms with Gasteiger partial charge in [0.25, 0.3) is 0 Å². The summed E-state index contributed by atoms with van der Waals surface area (Å²) in [6, 6.07) is 9.49. The van der Waals surface area contributed by atoms with Crippen LogP contribution < -0.4 is 0 Å². The minimum Gasteiger partial charge on any atom is -0.0836 e. The molecular weight excluding hydrogens is 348 g/mol. The van der Waals surface area contributed by atoms with Gasteiger partial charge in [0.05, 0.1) is 0 Å². The number of hydrogen-bond acceptors (Lipinski definition) is 0. The summed E-state index contributed by atoms with van der Waals surface area (Å²) in [5.74, 6) is 1.35. The van der Waals surface area contributed by atoms with Crippen LogP contribution in [0.5, 0.6) is 0 Å². The van der Waals surface area contributed by atoms with E-state index in [-0.39, 0.29) is 0 Å². The second-order valence-corrected chi connectivity index (χ2v) is 9.14. The van der Waals surface area contributed by atoms with Gasteiger partial charge in [0.15, 0.2) is 0 Å². The lowest BCUT2D eigenvalue weighted by Gasteiger charge is -2.26. The van der Waals surface area contributed by atoms with Crippen molar-refractivity contribution in [1.29, 1.82) is 0 Å². The lowest BCUT2D eigenvalue weighted by atomic mass is 9.78. The molecule has 0 saturated heterocycles. The van der Waals surface area contributed by atoms with Crippen molar-refractivity contribution in [3.63, 3.8) is 0 Å². The van der Waals surface area contributed by atoms with Gasteiger partial charge in [0.2, 0.25) is 0 Å². The average Bonchev–Trinajstić information content (AvgIpc) is 3.27. The third kappa shape index (κ3) is 4.17. The molecule has 29 heavy (non-hydrogen) atoms. The van der Waals surface area contributed by atoms with E-state index >= 15 is 0 Å². The van der Waals surface area contributed by atoms with Crippen molar-refractivity contribution >= 4 is 0 Å². The van der Waals surface area contributed by atoms with Gasteiger partial charge in [-0.25, -0.2) is 0 Å². The van der Waals surface area contributed by atoms with Crippen molar-refractivity contribution < 1.29 is 0 Å². The van der Waals surface area contributed by atoms with Gasteiger partial charge in [0, 0.05) is 5.92 Å². The third-order valence-electron chi connectivity index (χ3n) is 7.08. The van der Waals surface area contributed by atoms with Crippen molar-refractivity contribution in [2.45, 2.75) is 57.8 Å². The molecule has 0 bridgehead atoms. The summed E-state index contributed by atoms with van der Waals surface area (Å²) < 4.78 is 0. The molecule has 0 amide bonds. The smallest absolute Gasteiger partial charge is 0.0281 e. The summed E-state index contributed by atoms with van der Waals surface area (Å²) in [6.45, 7) is 0. The Hall–Kier alpha value is -2.34. The van der Waals surface area contributed by atoms with E-state index < -0.39 is 0 Å². The minimum atomic E-state index is 0.439. The molecular formula is C29H32. The molecule has 1 fully saturated rings. The first kappa shape index (κ1) is 18.7. The topological polar surface area (TPSA) is 0 Å². The summed E-state index contributed by atoms with van der Waals surface area (Å²) >= 11 is 0. The lowest BCUT2D eigenvalue weighted by Crippen LogP contribution is -2.12. The molecule has 0 heterocycles. The van der Waals surface area contributed by atoms with Crippen LogP contribution in [0.25, 0.3) is 0 Å². The molecule has 4 aliphatic rings. The standard InChI is InChI=1S/C29H32/c1-3-8-22(9-4-1)20-23-14-16-24(17-15-23)21-26-18-19-28(25-10-5-2-6-11-25)29-13-7-12-27(26)29/h5,7,10-19,22,29H,1-4,6,8-9,20-21H2. The molecule has 0 aromatic heterocycles. The van der Waals surface area contributed by atoms with Crippen LogP contribution in [0.4, 0.5) is 0 Å². The van der Waals surface area contributed by atoms with E-state index in [0.29, 0.717) is 5.92 Å². The van der Waals surface area contributed by atoms with E-state index in [2.05, 4.69) is 72.9 Å². The average molecular weight is 381 g/mol. The fourth-order valence-corrected chi connectivity index (χ4v) is 5.45. The lowest BCUT2D eigenvalue weighted by molar-refractivity contribution is 0.356. The molecule has 148 valence electrons. The van der Waals surface area contributed by atoms with Crippen LogP contribution in [0.1, 0.15) is 56.1 Å². The third-order valence-corrected chi connectivity index (χ3v) is 7.08. The Labute approximate surface area is 176 Å². The van der Waals surface area contributed by atoms with Gasteiger partial charge in [-0.15, -0.1) is 0 Å². The van der Waals surface area contributed by atoms with Gasteiger partial charge >= 0.3 is 0 Å². The van der Waals surface area contributed by atoms with Gasteiger partial charge in [-0.05, 0) is 65.0 Å². The van der Waals surface area contributed by atoms with Gasteiger partial charge in [-0.2, -0.15) is 0 Å². The Morgan fingerprint density at radius 3 is 2.41 bits per heavy atom. The molecule has 1 atom stereocenters. The molecule has 1 saturated carbocycles. The SMILES string of the molecule is C1=CC2C(C3=CCCC=C3)=CC=C(Cc3ccc(CC4CCCCC4)cc3)C2=C1. The van der Waals surface area contributed by atoms with E-state index in [0.717, 1.165) is 12.3 Å². The highest BCUT2D eigenvalue weighted by Crippen LogP contribution is 2.40. The molecule has 4 aliphatic carbocycles. The first-order valence-electron chi connectivity index (χ1n) is 11.6. The maximum Gasteiger partial charge on any atom is 0.0281 e. The van der Waals surface area contributed by atoms with Crippen LogP contribution in [-0.4, -0.2) is 0 Å². The maximum absolute atomic E-state index is 2.40. The number of allylic oxidation sites excluding steroid dienone is 12. The monoisotopic (exact) mass is 380 g/mol. The number of benzene rings is 1. The predicted octanol–water partition coefficient (Wildman–Crippen LogP) is 7.61. The highest BCUT2D eigenvalue weighted by Gasteiger charge is 2.26. The van der Waals surface area contributed by atoms with E-state index in [1.807, 2.05) is 0 Å².